The van der Waals surface area contributed by atoms with E-state index in [1.165, 1.54) is 0 Å². The average Bonchev–Trinajstić information content (AvgIpc) is 2.69. The summed E-state index contributed by atoms with van der Waals surface area (Å²) < 4.78 is 11.9. The fraction of sp³-hybridized carbons (Fsp3) is 0.0455. The molecule has 0 saturated heterocycles. The summed E-state index contributed by atoms with van der Waals surface area (Å²) >= 11 is 18.6. The molecule has 28 heavy (non-hydrogen) atoms. The molecule has 4 aromatic rings. The zero-order valence-corrected chi connectivity index (χ0v) is 16.7. The fourth-order valence-electron chi connectivity index (χ4n) is 2.87. The quantitative estimate of drug-likeness (QED) is 0.349. The number of ether oxygens (including phenoxy) is 1. The van der Waals surface area contributed by atoms with E-state index in [9.17, 15) is 4.79 Å². The van der Waals surface area contributed by atoms with Gasteiger partial charge in [0.2, 0.25) is 11.2 Å². The van der Waals surface area contributed by atoms with Crippen LogP contribution in [0, 0.1) is 0 Å². The molecule has 1 heterocycles. The monoisotopic (exact) mass is 430 g/mol. The molecule has 0 saturated carbocycles. The SMILES string of the molecule is O=c1c(OCc2ccccc2Cl)c(-c2ccccc2Cl)oc2ccc(Cl)cc12. The van der Waals surface area contributed by atoms with E-state index in [4.69, 9.17) is 44.0 Å². The highest BCUT2D eigenvalue weighted by Gasteiger charge is 2.20. The predicted molar refractivity (Wildman–Crippen MR) is 114 cm³/mol. The molecule has 0 aliphatic rings. The first-order valence-electron chi connectivity index (χ1n) is 8.42. The molecule has 4 rings (SSSR count). The standard InChI is InChI=1S/C22H13Cl3O3/c23-14-9-10-19-16(11-14)20(26)22(27-12-13-5-1-3-7-17(13)24)21(28-19)15-6-2-4-8-18(15)25/h1-11H,12H2. The zero-order valence-electron chi connectivity index (χ0n) is 14.4. The number of rotatable bonds is 4. The van der Waals surface area contributed by atoms with Crippen molar-refractivity contribution in [3.63, 3.8) is 0 Å². The minimum atomic E-state index is -0.328. The summed E-state index contributed by atoms with van der Waals surface area (Å²) in [5, 5.41) is 1.76. The molecular weight excluding hydrogens is 419 g/mol. The van der Waals surface area contributed by atoms with Gasteiger partial charge in [0.15, 0.2) is 5.76 Å². The topological polar surface area (TPSA) is 39.4 Å². The van der Waals surface area contributed by atoms with E-state index in [-0.39, 0.29) is 23.5 Å². The molecule has 1 aromatic heterocycles. The molecule has 6 heteroatoms. The minimum Gasteiger partial charge on any atom is -0.481 e. The van der Waals surface area contributed by atoms with Gasteiger partial charge in [-0.2, -0.15) is 0 Å². The van der Waals surface area contributed by atoms with Crippen molar-refractivity contribution < 1.29 is 9.15 Å². The average molecular weight is 432 g/mol. The first-order chi connectivity index (χ1) is 13.5. The summed E-state index contributed by atoms with van der Waals surface area (Å²) in [5.41, 5.74) is 1.38. The van der Waals surface area contributed by atoms with Crippen molar-refractivity contribution >= 4 is 45.8 Å². The van der Waals surface area contributed by atoms with E-state index in [1.807, 2.05) is 24.3 Å². The number of benzene rings is 3. The Morgan fingerprint density at radius 3 is 2.32 bits per heavy atom. The van der Waals surface area contributed by atoms with Gasteiger partial charge in [-0.15, -0.1) is 0 Å². The van der Waals surface area contributed by atoms with Gasteiger partial charge in [0.25, 0.3) is 0 Å². The van der Waals surface area contributed by atoms with Gasteiger partial charge in [-0.05, 0) is 36.4 Å². The first kappa shape index (κ1) is 18.9. The maximum absolute atomic E-state index is 13.2. The van der Waals surface area contributed by atoms with Gasteiger partial charge < -0.3 is 9.15 Å². The summed E-state index contributed by atoms with van der Waals surface area (Å²) in [6, 6.07) is 19.2. The van der Waals surface area contributed by atoms with Crippen LogP contribution >= 0.6 is 34.8 Å². The maximum atomic E-state index is 13.2. The molecule has 0 fully saturated rings. The van der Waals surface area contributed by atoms with Crippen molar-refractivity contribution in [1.82, 2.24) is 0 Å². The number of halogens is 3. The molecule has 0 bridgehead atoms. The van der Waals surface area contributed by atoms with Gasteiger partial charge in [-0.1, -0.05) is 65.1 Å². The van der Waals surface area contributed by atoms with Crippen molar-refractivity contribution in [2.45, 2.75) is 6.61 Å². The zero-order chi connectivity index (χ0) is 19.7. The molecule has 0 aliphatic carbocycles. The number of hydrogen-bond donors (Lipinski definition) is 0. The largest absolute Gasteiger partial charge is 0.481 e. The summed E-state index contributed by atoms with van der Waals surface area (Å²) in [4.78, 5) is 13.2. The van der Waals surface area contributed by atoms with Crippen molar-refractivity contribution in [2.24, 2.45) is 0 Å². The Kier molecular flexibility index (Phi) is 5.31. The highest BCUT2D eigenvalue weighted by molar-refractivity contribution is 6.33. The minimum absolute atomic E-state index is 0.0581. The Hall–Kier alpha value is -2.46. The predicted octanol–water partition coefficient (Wildman–Crippen LogP) is 7.00. The van der Waals surface area contributed by atoms with Gasteiger partial charge in [-0.3, -0.25) is 4.79 Å². The molecule has 0 spiro atoms. The van der Waals surface area contributed by atoms with E-state index in [2.05, 4.69) is 0 Å². The molecule has 0 unspecified atom stereocenters. The van der Waals surface area contributed by atoms with Crippen molar-refractivity contribution in [1.29, 1.82) is 0 Å². The second-order valence-electron chi connectivity index (χ2n) is 6.09. The highest BCUT2D eigenvalue weighted by atomic mass is 35.5. The maximum Gasteiger partial charge on any atom is 0.235 e. The van der Waals surface area contributed by atoms with Gasteiger partial charge in [0.05, 0.1) is 10.4 Å². The summed E-state index contributed by atoms with van der Waals surface area (Å²) in [6.07, 6.45) is 0. The van der Waals surface area contributed by atoms with Gasteiger partial charge in [0.1, 0.15) is 12.2 Å². The lowest BCUT2D eigenvalue weighted by atomic mass is 10.1. The van der Waals surface area contributed by atoms with Crippen LogP contribution in [0.2, 0.25) is 15.1 Å². The van der Waals surface area contributed by atoms with Crippen LogP contribution < -0.4 is 10.2 Å². The molecule has 0 radical (unpaired) electrons. The van der Waals surface area contributed by atoms with Gasteiger partial charge >= 0.3 is 0 Å². The Morgan fingerprint density at radius 2 is 1.57 bits per heavy atom. The Morgan fingerprint density at radius 1 is 0.857 bits per heavy atom. The van der Waals surface area contributed by atoms with E-state index in [0.717, 1.165) is 5.56 Å². The van der Waals surface area contributed by atoms with E-state index in [0.29, 0.717) is 31.6 Å². The van der Waals surface area contributed by atoms with Crippen LogP contribution in [-0.4, -0.2) is 0 Å². The molecule has 0 amide bonds. The van der Waals surface area contributed by atoms with Crippen molar-refractivity contribution in [3.8, 4) is 17.1 Å². The third-order valence-electron chi connectivity index (χ3n) is 4.26. The van der Waals surface area contributed by atoms with Crippen LogP contribution in [-0.2, 0) is 6.61 Å². The van der Waals surface area contributed by atoms with Crippen molar-refractivity contribution in [3.05, 3.63) is 97.6 Å². The molecule has 0 atom stereocenters. The van der Waals surface area contributed by atoms with E-state index in [1.54, 1.807) is 42.5 Å². The van der Waals surface area contributed by atoms with Crippen LogP contribution in [0.1, 0.15) is 5.56 Å². The second-order valence-corrected chi connectivity index (χ2v) is 7.34. The normalized spacial score (nSPS) is 11.0. The molecular formula is C22H13Cl3O3. The summed E-state index contributed by atoms with van der Waals surface area (Å²) in [6.45, 7) is 0.105. The number of fused-ring (bicyclic) bond motifs is 1. The Bertz CT molecular complexity index is 1230. The third kappa shape index (κ3) is 3.61. The van der Waals surface area contributed by atoms with E-state index < -0.39 is 0 Å². The lowest BCUT2D eigenvalue weighted by Gasteiger charge is -2.13. The van der Waals surface area contributed by atoms with Crippen molar-refractivity contribution in [2.75, 3.05) is 0 Å². The molecule has 3 aromatic carbocycles. The number of hydrogen-bond acceptors (Lipinski definition) is 3. The van der Waals surface area contributed by atoms with Crippen LogP contribution in [0.3, 0.4) is 0 Å². The van der Waals surface area contributed by atoms with Crippen LogP contribution in [0.5, 0.6) is 5.75 Å². The van der Waals surface area contributed by atoms with Crippen LogP contribution in [0.25, 0.3) is 22.3 Å². The smallest absolute Gasteiger partial charge is 0.235 e. The molecule has 0 N–H and O–H groups in total. The fourth-order valence-corrected chi connectivity index (χ4v) is 3.45. The third-order valence-corrected chi connectivity index (χ3v) is 5.19. The lowest BCUT2D eigenvalue weighted by molar-refractivity contribution is 0.298. The second kappa shape index (κ2) is 7.88. The van der Waals surface area contributed by atoms with Gasteiger partial charge in [-0.25, -0.2) is 0 Å². The summed E-state index contributed by atoms with van der Waals surface area (Å²) in [7, 11) is 0. The highest BCUT2D eigenvalue weighted by Crippen LogP contribution is 2.36. The first-order valence-corrected chi connectivity index (χ1v) is 9.55. The lowest BCUT2D eigenvalue weighted by Crippen LogP contribution is -2.10. The Labute approximate surface area is 176 Å². The molecule has 0 aliphatic heterocycles. The summed E-state index contributed by atoms with van der Waals surface area (Å²) in [5.74, 6) is 0.320. The Balaban J connectivity index is 1.90. The molecule has 3 nitrogen and oxygen atoms in total. The van der Waals surface area contributed by atoms with Gasteiger partial charge in [0, 0.05) is 21.2 Å². The van der Waals surface area contributed by atoms with E-state index >= 15 is 0 Å². The van der Waals surface area contributed by atoms with Crippen LogP contribution in [0.15, 0.2) is 75.9 Å². The molecule has 140 valence electrons. The van der Waals surface area contributed by atoms with Crippen LogP contribution in [0.4, 0.5) is 0 Å².